The maximum Gasteiger partial charge on any atom is 0.399 e. The molecule has 12 heavy (non-hydrogen) atoms. The van der Waals surface area contributed by atoms with E-state index in [0.29, 0.717) is 5.82 Å². The number of aromatic nitrogens is 2. The van der Waals surface area contributed by atoms with Crippen molar-refractivity contribution < 1.29 is 13.5 Å². The topological polar surface area (TPSA) is 35.0 Å². The molecule has 0 radical (unpaired) electrons. The zero-order valence-electron chi connectivity index (χ0n) is 6.71. The number of alkyl halides is 2. The third kappa shape index (κ3) is 1.73. The molecule has 0 bridgehead atoms. The first-order valence-electron chi connectivity index (χ1n) is 3.29. The van der Waals surface area contributed by atoms with Crippen LogP contribution in [0.2, 0.25) is 0 Å². The van der Waals surface area contributed by atoms with Gasteiger partial charge in [-0.15, -0.1) is 0 Å². The number of nitrogens with zero attached hydrogens (tertiary/aromatic N) is 2. The Morgan fingerprint density at radius 3 is 2.67 bits per heavy atom. The molecule has 0 aromatic carbocycles. The van der Waals surface area contributed by atoms with Crippen LogP contribution in [-0.4, -0.2) is 17.1 Å². The first-order valence-corrected chi connectivity index (χ1v) is 3.29. The highest BCUT2D eigenvalue weighted by Crippen LogP contribution is 2.25. The maximum atomic E-state index is 12.8. The van der Waals surface area contributed by atoms with E-state index >= 15 is 0 Å². The van der Waals surface area contributed by atoms with Gasteiger partial charge in [0.2, 0.25) is 0 Å². The van der Waals surface area contributed by atoms with E-state index in [1.165, 1.54) is 13.1 Å². The van der Waals surface area contributed by atoms with Gasteiger partial charge in [-0.25, -0.2) is 9.97 Å². The molecule has 0 N–H and O–H groups in total. The lowest BCUT2D eigenvalue weighted by atomic mass is 10.4. The Balaban J connectivity index is 3.03. The number of methoxy groups -OCH3 is 1. The summed E-state index contributed by atoms with van der Waals surface area (Å²) in [7, 11) is 0.928. The van der Waals surface area contributed by atoms with Gasteiger partial charge in [0, 0.05) is 13.3 Å². The highest BCUT2D eigenvalue weighted by Gasteiger charge is 2.33. The molecule has 0 spiro atoms. The van der Waals surface area contributed by atoms with Gasteiger partial charge in [0.1, 0.15) is 11.5 Å². The summed E-state index contributed by atoms with van der Waals surface area (Å²) in [6.07, 6.45) is -2.06. The number of hydrogen-bond acceptors (Lipinski definition) is 3. The van der Waals surface area contributed by atoms with Crippen LogP contribution >= 0.6 is 0 Å². The van der Waals surface area contributed by atoms with Crippen molar-refractivity contribution in [2.24, 2.45) is 0 Å². The quantitative estimate of drug-likeness (QED) is 0.681. The Morgan fingerprint density at radius 1 is 1.50 bits per heavy atom. The van der Waals surface area contributed by atoms with Crippen LogP contribution in [0.25, 0.3) is 0 Å². The highest BCUT2D eigenvalue weighted by molar-refractivity contribution is 5.05. The molecule has 3 nitrogen and oxygen atoms in total. The van der Waals surface area contributed by atoms with Gasteiger partial charge in [0.05, 0.1) is 0 Å². The summed E-state index contributed by atoms with van der Waals surface area (Å²) in [4.78, 5) is 7.22. The molecule has 0 saturated carbocycles. The zero-order chi connectivity index (χ0) is 9.19. The molecule has 0 fully saturated rings. The minimum absolute atomic E-state index is 0.296. The van der Waals surface area contributed by atoms with Crippen molar-refractivity contribution in [3.8, 4) is 0 Å². The first-order chi connectivity index (χ1) is 5.56. The van der Waals surface area contributed by atoms with E-state index < -0.39 is 11.8 Å². The largest absolute Gasteiger partial charge is 0.399 e. The van der Waals surface area contributed by atoms with Crippen LogP contribution in [0.3, 0.4) is 0 Å². The standard InChI is InChI=1S/C7H8F2N2O/c1-5-10-4-3-6(11-5)7(8,9)12-2/h3-4H,1-2H3. The van der Waals surface area contributed by atoms with Gasteiger partial charge in [0.15, 0.2) is 0 Å². The van der Waals surface area contributed by atoms with Crippen molar-refractivity contribution >= 4 is 0 Å². The van der Waals surface area contributed by atoms with Gasteiger partial charge in [-0.1, -0.05) is 0 Å². The van der Waals surface area contributed by atoms with Gasteiger partial charge in [-0.2, -0.15) is 8.78 Å². The molecule has 0 saturated heterocycles. The van der Waals surface area contributed by atoms with E-state index in [2.05, 4.69) is 14.7 Å². The van der Waals surface area contributed by atoms with Crippen LogP contribution in [0.5, 0.6) is 0 Å². The molecular weight excluding hydrogens is 166 g/mol. The van der Waals surface area contributed by atoms with E-state index in [4.69, 9.17) is 0 Å². The fraction of sp³-hybridized carbons (Fsp3) is 0.429. The van der Waals surface area contributed by atoms with Crippen molar-refractivity contribution in [3.63, 3.8) is 0 Å². The molecule has 5 heteroatoms. The lowest BCUT2D eigenvalue weighted by Crippen LogP contribution is -2.18. The average Bonchev–Trinajstić information content (AvgIpc) is 2.05. The summed E-state index contributed by atoms with van der Waals surface area (Å²) in [6, 6.07) is 1.12. The molecule has 1 rings (SSSR count). The minimum atomic E-state index is -3.33. The lowest BCUT2D eigenvalue weighted by Gasteiger charge is -2.12. The van der Waals surface area contributed by atoms with Gasteiger partial charge < -0.3 is 4.74 Å². The summed E-state index contributed by atoms with van der Waals surface area (Å²) in [6.45, 7) is 1.54. The smallest absolute Gasteiger partial charge is 0.319 e. The second kappa shape index (κ2) is 3.10. The Kier molecular flexibility index (Phi) is 2.32. The number of aryl methyl sites for hydroxylation is 1. The summed E-state index contributed by atoms with van der Waals surface area (Å²) < 4.78 is 29.5. The van der Waals surface area contributed by atoms with Gasteiger partial charge in [0.25, 0.3) is 0 Å². The predicted molar refractivity (Wildman–Crippen MR) is 37.7 cm³/mol. The number of rotatable bonds is 2. The van der Waals surface area contributed by atoms with Crippen molar-refractivity contribution in [3.05, 3.63) is 23.8 Å². The molecule has 0 aliphatic rings. The van der Waals surface area contributed by atoms with Crippen molar-refractivity contribution in [2.45, 2.75) is 13.0 Å². The molecule has 66 valence electrons. The molecule has 0 atom stereocenters. The molecule has 0 aliphatic carbocycles. The van der Waals surface area contributed by atoms with E-state index in [1.807, 2.05) is 0 Å². The summed E-state index contributed by atoms with van der Waals surface area (Å²) in [5.74, 6) is 0.296. The van der Waals surface area contributed by atoms with Gasteiger partial charge in [-0.3, -0.25) is 0 Å². The van der Waals surface area contributed by atoms with Crippen molar-refractivity contribution in [2.75, 3.05) is 7.11 Å². The third-order valence-electron chi connectivity index (χ3n) is 1.33. The number of ether oxygens (including phenoxy) is 1. The number of hydrogen-bond donors (Lipinski definition) is 0. The van der Waals surface area contributed by atoms with E-state index in [0.717, 1.165) is 13.2 Å². The molecular formula is C7H8F2N2O. The Hall–Kier alpha value is -1.10. The van der Waals surface area contributed by atoms with Gasteiger partial charge >= 0.3 is 6.11 Å². The second-order valence-electron chi connectivity index (χ2n) is 2.21. The summed E-state index contributed by atoms with van der Waals surface area (Å²) >= 11 is 0. The van der Waals surface area contributed by atoms with Gasteiger partial charge in [-0.05, 0) is 13.0 Å². The average molecular weight is 174 g/mol. The fourth-order valence-electron chi connectivity index (χ4n) is 0.723. The third-order valence-corrected chi connectivity index (χ3v) is 1.33. The Labute approximate surface area is 68.4 Å². The van der Waals surface area contributed by atoms with E-state index in [9.17, 15) is 8.78 Å². The molecule has 1 aromatic rings. The fourth-order valence-corrected chi connectivity index (χ4v) is 0.723. The zero-order valence-corrected chi connectivity index (χ0v) is 6.71. The van der Waals surface area contributed by atoms with Crippen LogP contribution in [-0.2, 0) is 10.8 Å². The van der Waals surface area contributed by atoms with Crippen LogP contribution in [0.1, 0.15) is 11.5 Å². The van der Waals surface area contributed by atoms with Crippen LogP contribution < -0.4 is 0 Å². The Morgan fingerprint density at radius 2 is 2.17 bits per heavy atom. The van der Waals surface area contributed by atoms with Crippen molar-refractivity contribution in [1.29, 1.82) is 0 Å². The van der Waals surface area contributed by atoms with Crippen LogP contribution in [0.4, 0.5) is 8.78 Å². The molecule has 1 aromatic heterocycles. The van der Waals surface area contributed by atoms with E-state index in [-0.39, 0.29) is 0 Å². The molecule has 0 amide bonds. The van der Waals surface area contributed by atoms with Crippen LogP contribution in [0, 0.1) is 6.92 Å². The second-order valence-corrected chi connectivity index (χ2v) is 2.21. The molecule has 1 heterocycles. The SMILES string of the molecule is COC(F)(F)c1ccnc(C)n1. The molecule has 0 aliphatic heterocycles. The van der Waals surface area contributed by atoms with Crippen LogP contribution in [0.15, 0.2) is 12.3 Å². The monoisotopic (exact) mass is 174 g/mol. The maximum absolute atomic E-state index is 12.8. The number of halogens is 2. The van der Waals surface area contributed by atoms with E-state index in [1.54, 1.807) is 0 Å². The predicted octanol–water partition coefficient (Wildman–Crippen LogP) is 1.48. The molecule has 0 unspecified atom stereocenters. The summed E-state index contributed by atoms with van der Waals surface area (Å²) in [5, 5.41) is 0. The lowest BCUT2D eigenvalue weighted by molar-refractivity contribution is -0.234. The van der Waals surface area contributed by atoms with Crippen molar-refractivity contribution in [1.82, 2.24) is 9.97 Å². The highest BCUT2D eigenvalue weighted by atomic mass is 19.3. The minimum Gasteiger partial charge on any atom is -0.319 e. The normalized spacial score (nSPS) is 11.7. The summed E-state index contributed by atoms with van der Waals surface area (Å²) in [5.41, 5.74) is -0.419. The first kappa shape index (κ1) is 8.99. The Bertz CT molecular complexity index is 278.